The van der Waals surface area contributed by atoms with E-state index in [1.54, 1.807) is 12.1 Å². The predicted octanol–water partition coefficient (Wildman–Crippen LogP) is 8.38. The van der Waals surface area contributed by atoms with Gasteiger partial charge in [-0.15, -0.1) is 0 Å². The van der Waals surface area contributed by atoms with E-state index in [0.717, 1.165) is 44.9 Å². The van der Waals surface area contributed by atoms with E-state index in [2.05, 4.69) is 56.3 Å². The molecule has 3 unspecified atom stereocenters. The standard InChI is InChI=1S/C30H44O3/c1-6-23(27-19-21-28(31)22-20-27)15-11-17-26(25-13-9-8-10-14-25)18-12-16-24(7-2)29(32)33-30(3,4)5/h8-10,13-14,19-24,26,31H,6-7,11-12,15-18H2,1-5H3. The van der Waals surface area contributed by atoms with Gasteiger partial charge in [-0.3, -0.25) is 4.79 Å². The monoisotopic (exact) mass is 452 g/mol. The van der Waals surface area contributed by atoms with Crippen molar-refractivity contribution in [3.63, 3.8) is 0 Å². The Morgan fingerprint density at radius 3 is 1.88 bits per heavy atom. The van der Waals surface area contributed by atoms with Gasteiger partial charge in [0.1, 0.15) is 11.4 Å². The average Bonchev–Trinajstić information content (AvgIpc) is 2.78. The highest BCUT2D eigenvalue weighted by molar-refractivity contribution is 5.72. The van der Waals surface area contributed by atoms with Crippen molar-refractivity contribution in [1.29, 1.82) is 0 Å². The number of esters is 1. The maximum atomic E-state index is 12.5. The SMILES string of the molecule is CCC(CCCC(CCCC(CC)c1ccc(O)cc1)c1ccccc1)C(=O)OC(C)(C)C. The van der Waals surface area contributed by atoms with Crippen molar-refractivity contribution in [1.82, 2.24) is 0 Å². The van der Waals surface area contributed by atoms with Crippen molar-refractivity contribution in [2.24, 2.45) is 5.92 Å². The molecular weight excluding hydrogens is 408 g/mol. The third-order valence-electron chi connectivity index (χ3n) is 6.57. The first-order chi connectivity index (χ1) is 15.7. The molecule has 0 aromatic heterocycles. The van der Waals surface area contributed by atoms with Crippen molar-refractivity contribution in [3.05, 3.63) is 65.7 Å². The Hall–Kier alpha value is -2.29. The Bertz CT molecular complexity index is 805. The van der Waals surface area contributed by atoms with E-state index in [0.29, 0.717) is 17.6 Å². The zero-order valence-electron chi connectivity index (χ0n) is 21.3. The lowest BCUT2D eigenvalue weighted by Gasteiger charge is -2.24. The number of carbonyl (C=O) groups excluding carboxylic acids is 1. The zero-order valence-corrected chi connectivity index (χ0v) is 21.3. The van der Waals surface area contributed by atoms with Crippen LogP contribution >= 0.6 is 0 Å². The van der Waals surface area contributed by atoms with Crippen LogP contribution in [0.1, 0.15) is 109 Å². The largest absolute Gasteiger partial charge is 0.508 e. The lowest BCUT2D eigenvalue weighted by molar-refractivity contribution is -0.160. The summed E-state index contributed by atoms with van der Waals surface area (Å²) in [6, 6.07) is 18.5. The van der Waals surface area contributed by atoms with Crippen LogP contribution in [0.3, 0.4) is 0 Å². The Labute approximate surface area is 201 Å². The smallest absolute Gasteiger partial charge is 0.309 e. The van der Waals surface area contributed by atoms with Gasteiger partial charge in [0.25, 0.3) is 0 Å². The lowest BCUT2D eigenvalue weighted by atomic mass is 9.84. The Kier molecular flexibility index (Phi) is 11.0. The number of aromatic hydroxyl groups is 1. The van der Waals surface area contributed by atoms with Gasteiger partial charge in [-0.25, -0.2) is 0 Å². The van der Waals surface area contributed by atoms with Crippen LogP contribution in [-0.4, -0.2) is 16.7 Å². The average molecular weight is 453 g/mol. The topological polar surface area (TPSA) is 46.5 Å². The number of benzene rings is 2. The van der Waals surface area contributed by atoms with E-state index >= 15 is 0 Å². The molecule has 0 aliphatic heterocycles. The molecule has 3 atom stereocenters. The molecule has 0 heterocycles. The van der Waals surface area contributed by atoms with E-state index in [1.165, 1.54) is 17.5 Å². The van der Waals surface area contributed by atoms with Crippen molar-refractivity contribution >= 4 is 5.97 Å². The molecule has 0 aliphatic rings. The molecule has 0 saturated carbocycles. The lowest BCUT2D eigenvalue weighted by Crippen LogP contribution is -2.28. The number of carbonyl (C=O) groups is 1. The first kappa shape index (κ1) is 27.0. The molecule has 0 bridgehead atoms. The molecule has 2 rings (SSSR count). The molecule has 0 aliphatic carbocycles. The maximum Gasteiger partial charge on any atom is 0.309 e. The van der Waals surface area contributed by atoms with Gasteiger partial charge in [0.2, 0.25) is 0 Å². The van der Waals surface area contributed by atoms with Crippen LogP contribution in [0.25, 0.3) is 0 Å². The Morgan fingerprint density at radius 2 is 1.33 bits per heavy atom. The quantitative estimate of drug-likeness (QED) is 0.310. The number of rotatable bonds is 13. The molecule has 2 aromatic carbocycles. The van der Waals surface area contributed by atoms with Gasteiger partial charge in [0.05, 0.1) is 5.92 Å². The van der Waals surface area contributed by atoms with Gasteiger partial charge >= 0.3 is 5.97 Å². The third kappa shape index (κ3) is 9.61. The second kappa shape index (κ2) is 13.4. The van der Waals surface area contributed by atoms with Crippen LogP contribution in [0.15, 0.2) is 54.6 Å². The van der Waals surface area contributed by atoms with Crippen LogP contribution in [0.4, 0.5) is 0 Å². The van der Waals surface area contributed by atoms with Gasteiger partial charge < -0.3 is 9.84 Å². The molecule has 0 fully saturated rings. The Balaban J connectivity index is 1.93. The minimum Gasteiger partial charge on any atom is -0.508 e. The number of phenols is 1. The summed E-state index contributed by atoms with van der Waals surface area (Å²) in [7, 11) is 0. The predicted molar refractivity (Wildman–Crippen MR) is 138 cm³/mol. The second-order valence-corrected chi connectivity index (χ2v) is 10.3. The fraction of sp³-hybridized carbons (Fsp3) is 0.567. The van der Waals surface area contributed by atoms with E-state index in [-0.39, 0.29) is 11.9 Å². The van der Waals surface area contributed by atoms with E-state index in [4.69, 9.17) is 4.74 Å². The molecule has 0 radical (unpaired) electrons. The molecule has 0 amide bonds. The highest BCUT2D eigenvalue weighted by Crippen LogP contribution is 2.33. The summed E-state index contributed by atoms with van der Waals surface area (Å²) >= 11 is 0. The fourth-order valence-electron chi connectivity index (χ4n) is 4.65. The molecule has 33 heavy (non-hydrogen) atoms. The molecule has 2 aromatic rings. The number of phenolic OH excluding ortho intramolecular Hbond substituents is 1. The van der Waals surface area contributed by atoms with Gasteiger partial charge in [-0.05, 0) is 94.4 Å². The summed E-state index contributed by atoms with van der Waals surface area (Å²) in [5, 5.41) is 9.59. The second-order valence-electron chi connectivity index (χ2n) is 10.3. The number of hydrogen-bond acceptors (Lipinski definition) is 3. The highest BCUT2D eigenvalue weighted by Gasteiger charge is 2.24. The van der Waals surface area contributed by atoms with Crippen LogP contribution in [-0.2, 0) is 9.53 Å². The Morgan fingerprint density at radius 1 is 0.788 bits per heavy atom. The molecule has 182 valence electrons. The van der Waals surface area contributed by atoms with Crippen molar-refractivity contribution in [3.8, 4) is 5.75 Å². The van der Waals surface area contributed by atoms with Crippen LogP contribution < -0.4 is 0 Å². The van der Waals surface area contributed by atoms with Crippen LogP contribution in [0.5, 0.6) is 5.75 Å². The normalized spacial score (nSPS) is 14.5. The van der Waals surface area contributed by atoms with Crippen molar-refractivity contribution < 1.29 is 14.6 Å². The maximum absolute atomic E-state index is 12.5. The molecule has 3 heteroatoms. The summed E-state index contributed by atoms with van der Waals surface area (Å²) in [5.41, 5.74) is 2.29. The van der Waals surface area contributed by atoms with E-state index in [9.17, 15) is 9.90 Å². The number of ether oxygens (including phenoxy) is 1. The van der Waals surface area contributed by atoms with Gasteiger partial charge in [-0.1, -0.05) is 69.2 Å². The fourth-order valence-corrected chi connectivity index (χ4v) is 4.65. The minimum atomic E-state index is -0.426. The molecule has 1 N–H and O–H groups in total. The number of hydrogen-bond donors (Lipinski definition) is 1. The summed E-state index contributed by atoms with van der Waals surface area (Å²) < 4.78 is 5.63. The van der Waals surface area contributed by atoms with Gasteiger partial charge in [0, 0.05) is 0 Å². The van der Waals surface area contributed by atoms with Crippen LogP contribution in [0, 0.1) is 5.92 Å². The third-order valence-corrected chi connectivity index (χ3v) is 6.57. The van der Waals surface area contributed by atoms with Gasteiger partial charge in [0.15, 0.2) is 0 Å². The molecule has 0 spiro atoms. The molecule has 0 saturated heterocycles. The van der Waals surface area contributed by atoms with Gasteiger partial charge in [-0.2, -0.15) is 0 Å². The van der Waals surface area contributed by atoms with E-state index < -0.39 is 5.60 Å². The van der Waals surface area contributed by atoms with Crippen LogP contribution in [0.2, 0.25) is 0 Å². The van der Waals surface area contributed by atoms with Crippen molar-refractivity contribution in [2.45, 2.75) is 103 Å². The van der Waals surface area contributed by atoms with E-state index in [1.807, 2.05) is 20.8 Å². The summed E-state index contributed by atoms with van der Waals surface area (Å²) in [4.78, 5) is 12.5. The summed E-state index contributed by atoms with van der Waals surface area (Å²) in [6.45, 7) is 10.1. The molecule has 3 nitrogen and oxygen atoms in total. The highest BCUT2D eigenvalue weighted by atomic mass is 16.6. The molecular formula is C30H44O3. The summed E-state index contributed by atoms with van der Waals surface area (Å²) in [5.74, 6) is 1.30. The first-order valence-electron chi connectivity index (χ1n) is 12.8. The summed E-state index contributed by atoms with van der Waals surface area (Å²) in [6.07, 6.45) is 8.43. The minimum absolute atomic E-state index is 0.0142. The first-order valence-corrected chi connectivity index (χ1v) is 12.8. The zero-order chi connectivity index (χ0) is 24.3. The van der Waals surface area contributed by atoms with Crippen molar-refractivity contribution in [2.75, 3.05) is 0 Å².